The first kappa shape index (κ1) is 19.5. The lowest BCUT2D eigenvalue weighted by Gasteiger charge is -2.03. The van der Waals surface area contributed by atoms with Gasteiger partial charge in [-0.25, -0.2) is 5.43 Å². The van der Waals surface area contributed by atoms with Crippen LogP contribution in [0.3, 0.4) is 0 Å². The molecule has 2 N–H and O–H groups in total. The number of carbonyl (C=O) groups is 2. The molecule has 0 aliphatic carbocycles. The summed E-state index contributed by atoms with van der Waals surface area (Å²) in [5, 5.41) is 17.0. The summed E-state index contributed by atoms with van der Waals surface area (Å²) < 4.78 is 5.53. The van der Waals surface area contributed by atoms with Gasteiger partial charge in [0.15, 0.2) is 0 Å². The summed E-state index contributed by atoms with van der Waals surface area (Å²) in [5.74, 6) is -1.10. The number of carbonyl (C=O) groups excluding carboxylic acids is 2. The molecule has 0 spiro atoms. The Bertz CT molecular complexity index is 1090. The van der Waals surface area contributed by atoms with Crippen LogP contribution in [0.25, 0.3) is 11.3 Å². The number of aryl methyl sites for hydroxylation is 1. The molecule has 0 saturated carbocycles. The van der Waals surface area contributed by atoms with Crippen molar-refractivity contribution >= 4 is 29.4 Å². The van der Waals surface area contributed by atoms with Gasteiger partial charge in [0, 0.05) is 23.4 Å². The number of hydrogen-bond acceptors (Lipinski definition) is 6. The number of amides is 2. The minimum atomic E-state index is -0.938. The summed E-state index contributed by atoms with van der Waals surface area (Å²) in [6, 6.07) is 16.2. The summed E-state index contributed by atoms with van der Waals surface area (Å²) in [6.45, 7) is 1.91. The fraction of sp³-hybridized carbons (Fsp3) is 0.0500. The minimum Gasteiger partial charge on any atom is -0.455 e. The highest BCUT2D eigenvalue weighted by Gasteiger charge is 2.13. The first-order valence-corrected chi connectivity index (χ1v) is 8.48. The van der Waals surface area contributed by atoms with Crippen LogP contribution in [-0.4, -0.2) is 23.0 Å². The normalized spacial score (nSPS) is 10.7. The van der Waals surface area contributed by atoms with Gasteiger partial charge in [0.05, 0.1) is 11.1 Å². The zero-order valence-corrected chi connectivity index (χ0v) is 15.3. The van der Waals surface area contributed by atoms with Crippen LogP contribution in [0, 0.1) is 17.0 Å². The minimum absolute atomic E-state index is 0.0547. The van der Waals surface area contributed by atoms with Crippen LogP contribution in [0.5, 0.6) is 0 Å². The molecular weight excluding hydrogens is 376 g/mol. The second kappa shape index (κ2) is 8.61. The van der Waals surface area contributed by atoms with E-state index in [0.29, 0.717) is 22.8 Å². The highest BCUT2D eigenvalue weighted by atomic mass is 16.6. The molecule has 9 heteroatoms. The highest BCUT2D eigenvalue weighted by molar-refractivity contribution is 6.39. The van der Waals surface area contributed by atoms with Crippen LogP contribution < -0.4 is 10.7 Å². The summed E-state index contributed by atoms with van der Waals surface area (Å²) in [4.78, 5) is 34.0. The van der Waals surface area contributed by atoms with Gasteiger partial charge in [-0.3, -0.25) is 19.7 Å². The van der Waals surface area contributed by atoms with E-state index < -0.39 is 16.7 Å². The number of hydrazone groups is 1. The molecule has 1 aromatic heterocycles. The molecule has 0 saturated heterocycles. The van der Waals surface area contributed by atoms with E-state index in [0.717, 1.165) is 5.56 Å². The van der Waals surface area contributed by atoms with Crippen molar-refractivity contribution in [3.63, 3.8) is 0 Å². The topological polar surface area (TPSA) is 127 Å². The van der Waals surface area contributed by atoms with Crippen molar-refractivity contribution < 1.29 is 18.9 Å². The second-order valence-electron chi connectivity index (χ2n) is 6.03. The Hall–Kier alpha value is -4.27. The van der Waals surface area contributed by atoms with Crippen LogP contribution in [-0.2, 0) is 9.59 Å². The van der Waals surface area contributed by atoms with Gasteiger partial charge in [0.25, 0.3) is 5.69 Å². The SMILES string of the molecule is Cc1ccc(NC(=O)C(=O)NN=Cc2ccc(-c3cccc([N+](=O)[O-])c3)o2)cc1. The summed E-state index contributed by atoms with van der Waals surface area (Å²) in [5.41, 5.74) is 4.10. The zero-order valence-electron chi connectivity index (χ0n) is 15.3. The number of nitrogens with one attached hydrogen (secondary N) is 2. The molecule has 1 heterocycles. The zero-order chi connectivity index (χ0) is 20.8. The van der Waals surface area contributed by atoms with E-state index >= 15 is 0 Å². The third-order valence-electron chi connectivity index (χ3n) is 3.84. The van der Waals surface area contributed by atoms with E-state index in [1.54, 1.807) is 36.4 Å². The number of non-ortho nitro benzene ring substituents is 1. The maximum atomic E-state index is 11.8. The molecule has 29 heavy (non-hydrogen) atoms. The van der Waals surface area contributed by atoms with E-state index in [9.17, 15) is 19.7 Å². The molecule has 2 aromatic carbocycles. The Morgan fingerprint density at radius 2 is 1.83 bits per heavy atom. The lowest BCUT2D eigenvalue weighted by atomic mass is 10.1. The van der Waals surface area contributed by atoms with Crippen LogP contribution in [0.15, 0.2) is 70.2 Å². The Labute approximate surface area is 165 Å². The number of hydrogen-bond donors (Lipinski definition) is 2. The highest BCUT2D eigenvalue weighted by Crippen LogP contribution is 2.25. The average Bonchev–Trinajstić information content (AvgIpc) is 3.18. The third-order valence-corrected chi connectivity index (χ3v) is 3.84. The van der Waals surface area contributed by atoms with Crippen molar-refractivity contribution in [1.29, 1.82) is 0 Å². The lowest BCUT2D eigenvalue weighted by molar-refractivity contribution is -0.384. The molecule has 0 fully saturated rings. The van der Waals surface area contributed by atoms with E-state index in [-0.39, 0.29) is 5.69 Å². The molecule has 3 aromatic rings. The van der Waals surface area contributed by atoms with Crippen molar-refractivity contribution in [3.8, 4) is 11.3 Å². The van der Waals surface area contributed by atoms with Gasteiger partial charge in [-0.2, -0.15) is 5.10 Å². The van der Waals surface area contributed by atoms with E-state index in [4.69, 9.17) is 4.42 Å². The van der Waals surface area contributed by atoms with E-state index in [1.165, 1.54) is 18.3 Å². The monoisotopic (exact) mass is 392 g/mol. The molecular formula is C20H16N4O5. The molecule has 0 bridgehead atoms. The number of nitro groups is 1. The Morgan fingerprint density at radius 1 is 1.07 bits per heavy atom. The van der Waals surface area contributed by atoms with Crippen LogP contribution in [0.4, 0.5) is 11.4 Å². The lowest BCUT2D eigenvalue weighted by Crippen LogP contribution is -2.32. The molecule has 2 amide bonds. The maximum absolute atomic E-state index is 11.8. The number of nitro benzene ring substituents is 1. The summed E-state index contributed by atoms with van der Waals surface area (Å²) >= 11 is 0. The standard InChI is InChI=1S/C20H16N4O5/c1-13-5-7-15(8-6-13)22-19(25)20(26)23-21-12-17-9-10-18(29-17)14-3-2-4-16(11-14)24(27)28/h2-12H,1H3,(H,22,25)(H,23,26). The smallest absolute Gasteiger partial charge is 0.329 e. The Balaban J connectivity index is 1.58. The third kappa shape index (κ3) is 5.13. The number of nitrogens with zero attached hydrogens (tertiary/aromatic N) is 2. The first-order chi connectivity index (χ1) is 13.9. The van der Waals surface area contributed by atoms with Gasteiger partial charge in [-0.1, -0.05) is 29.8 Å². The second-order valence-corrected chi connectivity index (χ2v) is 6.03. The van der Waals surface area contributed by atoms with E-state index in [1.807, 2.05) is 19.1 Å². The molecule has 0 aliphatic heterocycles. The largest absolute Gasteiger partial charge is 0.455 e. The molecule has 0 radical (unpaired) electrons. The van der Waals surface area contributed by atoms with E-state index in [2.05, 4.69) is 15.8 Å². The van der Waals surface area contributed by atoms with Gasteiger partial charge in [-0.15, -0.1) is 0 Å². The fourth-order valence-corrected chi connectivity index (χ4v) is 2.38. The molecule has 0 unspecified atom stereocenters. The number of anilines is 1. The molecule has 3 rings (SSSR count). The van der Waals surface area contributed by atoms with Gasteiger partial charge in [0.2, 0.25) is 0 Å². The summed E-state index contributed by atoms with van der Waals surface area (Å²) in [7, 11) is 0. The molecule has 146 valence electrons. The average molecular weight is 392 g/mol. The molecule has 0 atom stereocenters. The van der Waals surface area contributed by atoms with Crippen LogP contribution in [0.1, 0.15) is 11.3 Å². The van der Waals surface area contributed by atoms with Crippen molar-refractivity contribution in [2.45, 2.75) is 6.92 Å². The van der Waals surface area contributed by atoms with Crippen molar-refractivity contribution in [3.05, 3.63) is 82.1 Å². The maximum Gasteiger partial charge on any atom is 0.329 e. The van der Waals surface area contributed by atoms with Crippen molar-refractivity contribution in [2.24, 2.45) is 5.10 Å². The predicted octanol–water partition coefficient (Wildman–Crippen LogP) is 3.25. The quantitative estimate of drug-likeness (QED) is 0.298. The Kier molecular flexibility index (Phi) is 5.79. The van der Waals surface area contributed by atoms with Crippen molar-refractivity contribution in [2.75, 3.05) is 5.32 Å². The van der Waals surface area contributed by atoms with Gasteiger partial charge in [-0.05, 0) is 31.2 Å². The first-order valence-electron chi connectivity index (χ1n) is 8.48. The van der Waals surface area contributed by atoms with Gasteiger partial charge in [0.1, 0.15) is 11.5 Å². The van der Waals surface area contributed by atoms with Gasteiger partial charge >= 0.3 is 11.8 Å². The fourth-order valence-electron chi connectivity index (χ4n) is 2.38. The van der Waals surface area contributed by atoms with Crippen LogP contribution in [0.2, 0.25) is 0 Å². The predicted molar refractivity (Wildman–Crippen MR) is 106 cm³/mol. The van der Waals surface area contributed by atoms with Crippen LogP contribution >= 0.6 is 0 Å². The number of benzene rings is 2. The number of rotatable bonds is 5. The summed E-state index contributed by atoms with van der Waals surface area (Å²) in [6.07, 6.45) is 1.22. The Morgan fingerprint density at radius 3 is 2.55 bits per heavy atom. The molecule has 9 nitrogen and oxygen atoms in total. The molecule has 0 aliphatic rings. The number of furan rings is 1. The van der Waals surface area contributed by atoms with Crippen molar-refractivity contribution in [1.82, 2.24) is 5.43 Å². The van der Waals surface area contributed by atoms with Gasteiger partial charge < -0.3 is 9.73 Å².